The molecule has 8 nitrogen and oxygen atoms in total. The number of nitrogens with one attached hydrogen (secondary N) is 1. The Kier molecular flexibility index (Phi) is 9.29. The van der Waals surface area contributed by atoms with Gasteiger partial charge in [-0.1, -0.05) is 18.6 Å². The average molecular weight is 604 g/mol. The molecule has 1 saturated carbocycles. The monoisotopic (exact) mass is 603 g/mol. The normalized spacial score (nSPS) is 24.5. The Bertz CT molecular complexity index is 1350. The van der Waals surface area contributed by atoms with Crippen LogP contribution in [0.5, 0.6) is 5.75 Å². The predicted octanol–water partition coefficient (Wildman–Crippen LogP) is 5.02. The van der Waals surface area contributed by atoms with Crippen molar-refractivity contribution < 1.29 is 18.7 Å². The lowest BCUT2D eigenvalue weighted by molar-refractivity contribution is 0.0223. The first-order valence-corrected chi connectivity index (χ1v) is 16.3. The van der Waals surface area contributed by atoms with Gasteiger partial charge in [-0.2, -0.15) is 5.26 Å². The summed E-state index contributed by atoms with van der Waals surface area (Å²) in [6.07, 6.45) is 5.97. The Labute approximate surface area is 261 Å². The number of carbonyl (C=O) groups excluding carboxylic acids is 1. The topological polar surface area (TPSA) is 81.1 Å². The summed E-state index contributed by atoms with van der Waals surface area (Å²) in [5, 5.41) is 12.5. The number of nitriles is 1. The minimum Gasteiger partial charge on any atom is -0.495 e. The van der Waals surface area contributed by atoms with Crippen LogP contribution in [0.2, 0.25) is 0 Å². The second-order valence-electron chi connectivity index (χ2n) is 13.3. The number of hydrogen-bond donors (Lipinski definition) is 1. The minimum atomic E-state index is -0.372. The zero-order valence-corrected chi connectivity index (χ0v) is 26.1. The largest absolute Gasteiger partial charge is 0.495 e. The average Bonchev–Trinajstić information content (AvgIpc) is 3.46. The molecule has 3 atom stereocenters. The molecule has 1 N–H and O–H groups in total. The molecule has 2 aromatic carbocycles. The third-order valence-electron chi connectivity index (χ3n) is 10.9. The number of methoxy groups -OCH3 is 2. The number of piperidine rings is 1. The van der Waals surface area contributed by atoms with E-state index in [4.69, 9.17) is 9.47 Å². The van der Waals surface area contributed by atoms with Crippen molar-refractivity contribution in [3.8, 4) is 11.8 Å². The number of amides is 1. The Morgan fingerprint density at radius 1 is 1.02 bits per heavy atom. The molecular weight excluding hydrogens is 557 g/mol. The van der Waals surface area contributed by atoms with E-state index >= 15 is 0 Å². The number of ether oxygens (including phenoxy) is 2. The number of alkyl carbamates (subject to hydrolysis) is 1. The van der Waals surface area contributed by atoms with E-state index in [2.05, 4.69) is 32.2 Å². The maximum Gasteiger partial charge on any atom is 0.407 e. The molecule has 0 bridgehead atoms. The molecule has 3 heterocycles. The van der Waals surface area contributed by atoms with Crippen molar-refractivity contribution in [1.29, 1.82) is 5.26 Å². The highest BCUT2D eigenvalue weighted by atomic mass is 19.1. The third kappa shape index (κ3) is 6.12. The lowest BCUT2D eigenvalue weighted by atomic mass is 9.57. The molecule has 1 amide bonds. The lowest BCUT2D eigenvalue weighted by Gasteiger charge is -2.54. The number of nitrogens with zero attached hydrogens (tertiary/aromatic N) is 4. The molecule has 4 aliphatic rings. The van der Waals surface area contributed by atoms with Crippen LogP contribution in [-0.2, 0) is 10.2 Å². The minimum absolute atomic E-state index is 0.0202. The highest BCUT2D eigenvalue weighted by molar-refractivity contribution is 5.67. The van der Waals surface area contributed by atoms with Crippen molar-refractivity contribution in [2.45, 2.75) is 50.0 Å². The van der Waals surface area contributed by atoms with Gasteiger partial charge in [-0.15, -0.1) is 0 Å². The fourth-order valence-corrected chi connectivity index (χ4v) is 8.60. The maximum atomic E-state index is 14.9. The molecule has 236 valence electrons. The Morgan fingerprint density at radius 3 is 2.48 bits per heavy atom. The van der Waals surface area contributed by atoms with Gasteiger partial charge in [0.25, 0.3) is 0 Å². The van der Waals surface area contributed by atoms with Crippen molar-refractivity contribution in [1.82, 2.24) is 15.1 Å². The molecule has 1 aliphatic carbocycles. The van der Waals surface area contributed by atoms with Gasteiger partial charge in [0.15, 0.2) is 0 Å². The molecule has 4 fully saturated rings. The Hall–Kier alpha value is -3.35. The SMILES string of the molecule is COC(=O)N[C@H]1CCC[C@@H]1C(CN1CCC1)(c1cccc(F)c1)C1CCN(CC2CN(c3ccc(C#N)c(OC)c3)C2)CC1. The second-order valence-corrected chi connectivity index (χ2v) is 13.3. The smallest absolute Gasteiger partial charge is 0.407 e. The molecular formula is C35H46FN5O3. The summed E-state index contributed by atoms with van der Waals surface area (Å²) >= 11 is 0. The zero-order valence-electron chi connectivity index (χ0n) is 26.1. The van der Waals surface area contributed by atoms with E-state index in [1.54, 1.807) is 19.2 Å². The van der Waals surface area contributed by atoms with Crippen molar-refractivity contribution in [2.75, 3.05) is 71.5 Å². The van der Waals surface area contributed by atoms with Crippen LogP contribution in [0.15, 0.2) is 42.5 Å². The predicted molar refractivity (Wildman–Crippen MR) is 168 cm³/mol. The summed E-state index contributed by atoms with van der Waals surface area (Å²) in [7, 11) is 3.04. The maximum absolute atomic E-state index is 14.9. The molecule has 1 unspecified atom stereocenters. The summed E-state index contributed by atoms with van der Waals surface area (Å²) in [4.78, 5) is 19.9. The fraction of sp³-hybridized carbons (Fsp3) is 0.600. The number of anilines is 1. The van der Waals surface area contributed by atoms with E-state index in [0.717, 1.165) is 95.7 Å². The van der Waals surface area contributed by atoms with Gasteiger partial charge in [0, 0.05) is 55.3 Å². The van der Waals surface area contributed by atoms with Crippen LogP contribution in [0.25, 0.3) is 0 Å². The van der Waals surface area contributed by atoms with Gasteiger partial charge in [0.2, 0.25) is 0 Å². The molecule has 2 aromatic rings. The van der Waals surface area contributed by atoms with Crippen LogP contribution >= 0.6 is 0 Å². The number of rotatable bonds is 10. The van der Waals surface area contributed by atoms with Gasteiger partial charge >= 0.3 is 6.09 Å². The van der Waals surface area contributed by atoms with E-state index in [1.165, 1.54) is 13.5 Å². The van der Waals surface area contributed by atoms with E-state index in [1.807, 2.05) is 24.3 Å². The highest BCUT2D eigenvalue weighted by Crippen LogP contribution is 2.51. The quantitative estimate of drug-likeness (QED) is 0.409. The van der Waals surface area contributed by atoms with Crippen molar-refractivity contribution in [3.05, 3.63) is 59.4 Å². The standard InChI is InChI=1S/C35H46FN5O3/c1-43-33-19-30(11-10-26(33)20-37)41-22-25(23-41)21-39-16-12-27(13-17-39)35(24-40-14-5-15-40,28-6-3-7-29(36)18-28)31-8-4-9-32(31)38-34(42)44-2/h3,6-7,10-11,18-19,25,27,31-32H,4-5,8-9,12-17,21-24H2,1-2H3,(H,38,42)/t31-,32-,35?/m0/s1. The summed E-state index contributed by atoms with van der Waals surface area (Å²) in [5.41, 5.74) is 2.52. The molecule has 9 heteroatoms. The Morgan fingerprint density at radius 2 is 1.82 bits per heavy atom. The van der Waals surface area contributed by atoms with E-state index in [-0.39, 0.29) is 29.3 Å². The third-order valence-corrected chi connectivity index (χ3v) is 10.9. The summed E-state index contributed by atoms with van der Waals surface area (Å²) in [6, 6.07) is 15.4. The van der Waals surface area contributed by atoms with Gasteiger partial charge < -0.3 is 29.5 Å². The van der Waals surface area contributed by atoms with Crippen LogP contribution in [0, 0.1) is 34.9 Å². The van der Waals surface area contributed by atoms with Gasteiger partial charge in [0.05, 0.1) is 19.8 Å². The van der Waals surface area contributed by atoms with Crippen LogP contribution in [-0.4, -0.2) is 88.5 Å². The van der Waals surface area contributed by atoms with Crippen molar-refractivity contribution in [2.24, 2.45) is 17.8 Å². The highest BCUT2D eigenvalue weighted by Gasteiger charge is 2.53. The Balaban J connectivity index is 1.16. The molecule has 0 radical (unpaired) electrons. The van der Waals surface area contributed by atoms with E-state index < -0.39 is 0 Å². The van der Waals surface area contributed by atoms with E-state index in [0.29, 0.717) is 23.1 Å². The van der Waals surface area contributed by atoms with Crippen molar-refractivity contribution >= 4 is 11.8 Å². The van der Waals surface area contributed by atoms with Gasteiger partial charge in [-0.25, -0.2) is 9.18 Å². The second kappa shape index (κ2) is 13.3. The van der Waals surface area contributed by atoms with Crippen LogP contribution < -0.4 is 15.0 Å². The lowest BCUT2D eigenvalue weighted by Crippen LogP contribution is -2.60. The summed E-state index contributed by atoms with van der Waals surface area (Å²) < 4.78 is 25.3. The molecule has 6 rings (SSSR count). The molecule has 0 spiro atoms. The number of halogens is 1. The van der Waals surface area contributed by atoms with Gasteiger partial charge in [-0.3, -0.25) is 0 Å². The zero-order chi connectivity index (χ0) is 30.7. The number of carbonyl (C=O) groups is 1. The first-order valence-electron chi connectivity index (χ1n) is 16.3. The first-order chi connectivity index (χ1) is 21.4. The summed E-state index contributed by atoms with van der Waals surface area (Å²) in [5.74, 6) is 1.67. The summed E-state index contributed by atoms with van der Waals surface area (Å²) in [6.45, 7) is 8.22. The van der Waals surface area contributed by atoms with Gasteiger partial charge in [0.1, 0.15) is 17.6 Å². The number of benzene rings is 2. The van der Waals surface area contributed by atoms with Crippen LogP contribution in [0.4, 0.5) is 14.9 Å². The van der Waals surface area contributed by atoms with Crippen molar-refractivity contribution in [3.63, 3.8) is 0 Å². The molecule has 3 saturated heterocycles. The van der Waals surface area contributed by atoms with Gasteiger partial charge in [-0.05, 0) is 99.9 Å². The first kappa shape index (κ1) is 30.7. The molecule has 3 aliphatic heterocycles. The van der Waals surface area contributed by atoms with Crippen LogP contribution in [0.1, 0.15) is 49.7 Å². The number of hydrogen-bond acceptors (Lipinski definition) is 7. The fourth-order valence-electron chi connectivity index (χ4n) is 8.60. The van der Waals surface area contributed by atoms with Crippen LogP contribution in [0.3, 0.4) is 0 Å². The van der Waals surface area contributed by atoms with E-state index in [9.17, 15) is 14.4 Å². The number of likely N-dealkylation sites (tertiary alicyclic amines) is 2. The molecule has 44 heavy (non-hydrogen) atoms. The molecule has 0 aromatic heterocycles.